The molecule has 0 atom stereocenters. The molecule has 14 heavy (non-hydrogen) atoms. The Bertz CT molecular complexity index is 112. The van der Waals surface area contributed by atoms with Crippen LogP contribution in [0.5, 0.6) is 0 Å². The molecule has 0 radical (unpaired) electrons. The molecule has 0 aromatic rings. The number of rotatable bonds is 0. The second kappa shape index (κ2) is 18.9. The molecular formula is C12H25NW. The van der Waals surface area contributed by atoms with Gasteiger partial charge in [0.15, 0.2) is 0 Å². The van der Waals surface area contributed by atoms with Gasteiger partial charge >= 0.3 is 0 Å². The summed E-state index contributed by atoms with van der Waals surface area (Å²) >= 11 is 0. The number of nitriles is 1. The Hall–Kier alpha value is 0.178. The van der Waals surface area contributed by atoms with Crippen LogP contribution in [0.2, 0.25) is 0 Å². The zero-order valence-corrected chi connectivity index (χ0v) is 13.1. The van der Waals surface area contributed by atoms with Gasteiger partial charge in [-0.2, -0.15) is 5.26 Å². The summed E-state index contributed by atoms with van der Waals surface area (Å²) in [5.41, 5.74) is 0. The largest absolute Gasteiger partial charge is 0.199 e. The van der Waals surface area contributed by atoms with Gasteiger partial charge in [0, 0.05) is 28.0 Å². The van der Waals surface area contributed by atoms with Crippen molar-refractivity contribution in [3.05, 3.63) is 0 Å². The molecule has 1 fully saturated rings. The van der Waals surface area contributed by atoms with Gasteiger partial charge in [-0.05, 0) is 5.92 Å². The van der Waals surface area contributed by atoms with E-state index in [-0.39, 0.29) is 21.1 Å². The Morgan fingerprint density at radius 2 is 1.43 bits per heavy atom. The molecule has 0 aromatic heterocycles. The molecule has 1 nitrogen and oxygen atoms in total. The van der Waals surface area contributed by atoms with Crippen LogP contribution in [0.3, 0.4) is 0 Å². The Kier molecular flexibility index (Phi) is 26.6. The maximum atomic E-state index is 7.32. The Labute approximate surface area is 105 Å². The zero-order chi connectivity index (χ0) is 10.5. The molecule has 1 aliphatic carbocycles. The van der Waals surface area contributed by atoms with Crippen molar-refractivity contribution in [2.75, 3.05) is 0 Å². The van der Waals surface area contributed by atoms with Crippen molar-refractivity contribution in [3.8, 4) is 6.07 Å². The molecule has 84 valence electrons. The van der Waals surface area contributed by atoms with Gasteiger partial charge in [-0.25, -0.2) is 0 Å². The van der Waals surface area contributed by atoms with Crippen LogP contribution >= 0.6 is 0 Å². The molecule has 0 unspecified atom stereocenters. The van der Waals surface area contributed by atoms with Gasteiger partial charge in [0.25, 0.3) is 0 Å². The first-order valence-corrected chi connectivity index (χ1v) is 5.53. The number of hydrogen-bond donors (Lipinski definition) is 0. The second-order valence-corrected chi connectivity index (χ2v) is 3.67. The predicted molar refractivity (Wildman–Crippen MR) is 59.5 cm³/mol. The van der Waals surface area contributed by atoms with Gasteiger partial charge in [-0.15, -0.1) is 0 Å². The van der Waals surface area contributed by atoms with E-state index in [2.05, 4.69) is 20.8 Å². The first kappa shape index (κ1) is 19.7. The van der Waals surface area contributed by atoms with E-state index in [9.17, 15) is 0 Å². The van der Waals surface area contributed by atoms with E-state index in [1.54, 1.807) is 6.07 Å². The summed E-state index contributed by atoms with van der Waals surface area (Å²) in [5.74, 6) is 1.04. The zero-order valence-electron chi connectivity index (χ0n) is 10.2. The fraction of sp³-hybridized carbons (Fsp3) is 0.917. The third-order valence-corrected chi connectivity index (χ3v) is 1.89. The van der Waals surface area contributed by atoms with Gasteiger partial charge in [-0.1, -0.05) is 59.3 Å². The quantitative estimate of drug-likeness (QED) is 0.617. The van der Waals surface area contributed by atoms with Crippen molar-refractivity contribution in [1.29, 1.82) is 5.26 Å². The third kappa shape index (κ3) is 22.8. The second-order valence-electron chi connectivity index (χ2n) is 3.67. The molecular weight excluding hydrogens is 342 g/mol. The first-order valence-electron chi connectivity index (χ1n) is 5.53. The summed E-state index contributed by atoms with van der Waals surface area (Å²) in [7, 11) is 0. The summed E-state index contributed by atoms with van der Waals surface area (Å²) in [4.78, 5) is 0. The van der Waals surface area contributed by atoms with Gasteiger partial charge in [0.1, 0.15) is 0 Å². The standard InChI is InChI=1S/C7H14.C3H8.C2H3N.W/c1-7-5-3-2-4-6-7;1-3-2;1-2-3;/h7H,2-6H2,1H3;3H2,1-2H3;1H3;. The molecule has 1 rings (SSSR count). The normalized spacial score (nSPS) is 14.5. The third-order valence-electron chi connectivity index (χ3n) is 1.89. The van der Waals surface area contributed by atoms with Crippen LogP contribution in [0, 0.1) is 17.2 Å². The summed E-state index contributed by atoms with van der Waals surface area (Å²) in [6.45, 7) is 8.04. The predicted octanol–water partition coefficient (Wildman–Crippen LogP) is 4.53. The molecule has 0 saturated heterocycles. The molecule has 1 saturated carbocycles. The number of hydrogen-bond acceptors (Lipinski definition) is 1. The van der Waals surface area contributed by atoms with Crippen molar-refractivity contribution in [3.63, 3.8) is 0 Å². The Morgan fingerprint density at radius 1 is 1.14 bits per heavy atom. The monoisotopic (exact) mass is 367 g/mol. The molecule has 0 heterocycles. The fourth-order valence-corrected chi connectivity index (χ4v) is 1.31. The van der Waals surface area contributed by atoms with Crippen LogP contribution in [0.25, 0.3) is 0 Å². The Balaban J connectivity index is -0.000000150. The van der Waals surface area contributed by atoms with Crippen LogP contribution in [0.15, 0.2) is 0 Å². The van der Waals surface area contributed by atoms with Crippen molar-refractivity contribution >= 4 is 0 Å². The summed E-state index contributed by atoms with van der Waals surface area (Å²) < 4.78 is 0. The Morgan fingerprint density at radius 3 is 1.57 bits per heavy atom. The summed E-state index contributed by atoms with van der Waals surface area (Å²) in [6, 6.07) is 1.75. The van der Waals surface area contributed by atoms with Gasteiger partial charge in [0.2, 0.25) is 0 Å². The van der Waals surface area contributed by atoms with E-state index in [4.69, 9.17) is 5.26 Å². The van der Waals surface area contributed by atoms with Crippen molar-refractivity contribution < 1.29 is 21.1 Å². The molecule has 1 aliphatic rings. The van der Waals surface area contributed by atoms with E-state index >= 15 is 0 Å². The molecule has 0 bridgehead atoms. The molecule has 2 heteroatoms. The molecule has 0 N–H and O–H groups in total. The van der Waals surface area contributed by atoms with E-state index in [1.165, 1.54) is 45.4 Å². The first-order chi connectivity index (χ1) is 6.22. The number of nitrogens with zero attached hydrogens (tertiary/aromatic N) is 1. The summed E-state index contributed by atoms with van der Waals surface area (Å²) in [5, 5.41) is 7.32. The van der Waals surface area contributed by atoms with Crippen LogP contribution < -0.4 is 0 Å². The molecule has 0 aliphatic heterocycles. The maximum absolute atomic E-state index is 7.32. The molecule has 0 spiro atoms. The fourth-order valence-electron chi connectivity index (χ4n) is 1.31. The van der Waals surface area contributed by atoms with E-state index in [0.717, 1.165) is 5.92 Å². The summed E-state index contributed by atoms with van der Waals surface area (Å²) in [6.07, 6.45) is 8.69. The van der Waals surface area contributed by atoms with Gasteiger partial charge < -0.3 is 0 Å². The van der Waals surface area contributed by atoms with Crippen LogP contribution in [-0.2, 0) is 21.1 Å². The van der Waals surface area contributed by atoms with Crippen molar-refractivity contribution in [2.45, 2.75) is 66.2 Å². The van der Waals surface area contributed by atoms with Gasteiger partial charge in [0.05, 0.1) is 6.07 Å². The minimum absolute atomic E-state index is 0. The average molecular weight is 367 g/mol. The van der Waals surface area contributed by atoms with Crippen molar-refractivity contribution in [1.82, 2.24) is 0 Å². The maximum Gasteiger partial charge on any atom is 0.0587 e. The minimum atomic E-state index is 0. The minimum Gasteiger partial charge on any atom is -0.199 e. The van der Waals surface area contributed by atoms with Crippen LogP contribution in [-0.4, -0.2) is 0 Å². The van der Waals surface area contributed by atoms with Gasteiger partial charge in [-0.3, -0.25) is 0 Å². The topological polar surface area (TPSA) is 23.8 Å². The SMILES string of the molecule is CC#N.CC1CCCCC1.CCC.[W]. The van der Waals surface area contributed by atoms with Crippen LogP contribution in [0.1, 0.15) is 66.2 Å². The van der Waals surface area contributed by atoms with Crippen molar-refractivity contribution in [2.24, 2.45) is 5.92 Å². The van der Waals surface area contributed by atoms with E-state index in [0.29, 0.717) is 0 Å². The average Bonchev–Trinajstić information content (AvgIpc) is 2.08. The molecule has 0 aromatic carbocycles. The molecule has 0 amide bonds. The van der Waals surface area contributed by atoms with Crippen LogP contribution in [0.4, 0.5) is 0 Å². The van der Waals surface area contributed by atoms with E-state index in [1.807, 2.05) is 0 Å². The van der Waals surface area contributed by atoms with E-state index < -0.39 is 0 Å². The smallest absolute Gasteiger partial charge is 0.0587 e.